The minimum atomic E-state index is -0.542. The lowest BCUT2D eigenvalue weighted by molar-refractivity contribution is -0.123. The van der Waals surface area contributed by atoms with Gasteiger partial charge in [0.25, 0.3) is 0 Å². The molecule has 0 aliphatic carbocycles. The highest BCUT2D eigenvalue weighted by molar-refractivity contribution is 5.93. The van der Waals surface area contributed by atoms with Crippen molar-refractivity contribution < 1.29 is 14.3 Å². The number of ether oxygens (including phenoxy) is 1. The van der Waals surface area contributed by atoms with Crippen molar-refractivity contribution in [2.24, 2.45) is 0 Å². The Labute approximate surface area is 147 Å². The van der Waals surface area contributed by atoms with E-state index in [2.05, 4.69) is 16.2 Å². The molecule has 0 saturated heterocycles. The van der Waals surface area contributed by atoms with Gasteiger partial charge in [-0.05, 0) is 36.6 Å². The summed E-state index contributed by atoms with van der Waals surface area (Å²) in [6, 6.07) is 14.4. The Morgan fingerprint density at radius 2 is 1.80 bits per heavy atom. The van der Waals surface area contributed by atoms with E-state index in [1.807, 2.05) is 50.2 Å². The van der Waals surface area contributed by atoms with E-state index in [4.69, 9.17) is 4.74 Å². The maximum atomic E-state index is 12.3. The van der Waals surface area contributed by atoms with Crippen LogP contribution in [0.25, 0.3) is 0 Å². The molecule has 0 aliphatic heterocycles. The third-order valence-corrected chi connectivity index (χ3v) is 3.83. The number of methoxy groups -OCH3 is 1. The fourth-order valence-electron chi connectivity index (χ4n) is 2.54. The zero-order chi connectivity index (χ0) is 18.2. The molecule has 132 valence electrons. The first-order chi connectivity index (χ1) is 12.0. The van der Waals surface area contributed by atoms with Crippen molar-refractivity contribution in [2.45, 2.75) is 26.2 Å². The molecule has 0 radical (unpaired) electrons. The Bertz CT molecular complexity index is 732. The third-order valence-electron chi connectivity index (χ3n) is 3.83. The number of anilines is 1. The van der Waals surface area contributed by atoms with E-state index >= 15 is 0 Å². The number of amides is 3. The molecule has 0 heterocycles. The average Bonchev–Trinajstić information content (AvgIpc) is 2.62. The number of nitrogens with one attached hydrogen (secondary N) is 3. The highest BCUT2D eigenvalue weighted by Gasteiger charge is 2.19. The molecule has 25 heavy (non-hydrogen) atoms. The lowest BCUT2D eigenvalue weighted by Gasteiger charge is -2.16. The topological polar surface area (TPSA) is 79.5 Å². The van der Waals surface area contributed by atoms with Gasteiger partial charge in [0.1, 0.15) is 5.75 Å². The quantitative estimate of drug-likeness (QED) is 0.730. The summed E-state index contributed by atoms with van der Waals surface area (Å²) in [5.41, 5.74) is 7.26. The van der Waals surface area contributed by atoms with Gasteiger partial charge in [0, 0.05) is 0 Å². The first kappa shape index (κ1) is 18.3. The fourth-order valence-corrected chi connectivity index (χ4v) is 2.54. The number of hydrogen-bond donors (Lipinski definition) is 3. The van der Waals surface area contributed by atoms with Crippen LogP contribution in [0.5, 0.6) is 5.75 Å². The largest absolute Gasteiger partial charge is 0.495 e. The number of hydrazine groups is 1. The third kappa shape index (κ3) is 4.97. The molecule has 2 aromatic rings. The van der Waals surface area contributed by atoms with Gasteiger partial charge in [0.05, 0.1) is 18.7 Å². The second-order valence-electron chi connectivity index (χ2n) is 5.64. The Morgan fingerprint density at radius 3 is 2.44 bits per heavy atom. The molecule has 0 spiro atoms. The fraction of sp³-hybridized carbons (Fsp3) is 0.263. The molecule has 2 aromatic carbocycles. The monoisotopic (exact) mass is 341 g/mol. The average molecular weight is 341 g/mol. The van der Waals surface area contributed by atoms with E-state index < -0.39 is 6.03 Å². The number of carbonyl (C=O) groups is 2. The van der Waals surface area contributed by atoms with E-state index in [9.17, 15) is 9.59 Å². The van der Waals surface area contributed by atoms with Crippen molar-refractivity contribution in [3.8, 4) is 5.75 Å². The van der Waals surface area contributed by atoms with Crippen molar-refractivity contribution >= 4 is 17.6 Å². The first-order valence-corrected chi connectivity index (χ1v) is 8.11. The maximum absolute atomic E-state index is 12.3. The number of hydrogen-bond acceptors (Lipinski definition) is 3. The lowest BCUT2D eigenvalue weighted by Crippen LogP contribution is -2.45. The van der Waals surface area contributed by atoms with E-state index in [1.165, 1.54) is 7.11 Å². The van der Waals surface area contributed by atoms with Crippen LogP contribution in [0.3, 0.4) is 0 Å². The molecule has 0 aromatic heterocycles. The van der Waals surface area contributed by atoms with Crippen molar-refractivity contribution in [1.29, 1.82) is 0 Å². The normalized spacial score (nSPS) is 11.3. The number of urea groups is 1. The van der Waals surface area contributed by atoms with E-state index in [0.717, 1.165) is 11.1 Å². The van der Waals surface area contributed by atoms with E-state index in [0.29, 0.717) is 17.9 Å². The molecule has 0 saturated carbocycles. The van der Waals surface area contributed by atoms with Crippen LogP contribution in [0.15, 0.2) is 48.5 Å². The van der Waals surface area contributed by atoms with Crippen molar-refractivity contribution in [1.82, 2.24) is 10.9 Å². The molecule has 1 atom stereocenters. The van der Waals surface area contributed by atoms with Crippen LogP contribution in [0.4, 0.5) is 10.5 Å². The van der Waals surface area contributed by atoms with Crippen molar-refractivity contribution in [3.05, 3.63) is 59.7 Å². The highest BCUT2D eigenvalue weighted by Crippen LogP contribution is 2.25. The second-order valence-corrected chi connectivity index (χ2v) is 5.64. The first-order valence-electron chi connectivity index (χ1n) is 8.11. The summed E-state index contributed by atoms with van der Waals surface area (Å²) in [6.45, 7) is 3.84. The summed E-state index contributed by atoms with van der Waals surface area (Å²) in [6.07, 6.45) is 0.630. The van der Waals surface area contributed by atoms with E-state index in [-0.39, 0.29) is 11.8 Å². The Morgan fingerprint density at radius 1 is 1.08 bits per heavy atom. The summed E-state index contributed by atoms with van der Waals surface area (Å²) >= 11 is 0. The van der Waals surface area contributed by atoms with Crippen LogP contribution in [0.2, 0.25) is 0 Å². The van der Waals surface area contributed by atoms with Gasteiger partial charge in [0.2, 0.25) is 5.91 Å². The van der Waals surface area contributed by atoms with Crippen molar-refractivity contribution in [3.63, 3.8) is 0 Å². The summed E-state index contributed by atoms with van der Waals surface area (Å²) in [5, 5.41) is 2.66. The molecule has 0 aliphatic rings. The lowest BCUT2D eigenvalue weighted by atomic mass is 9.96. The van der Waals surface area contributed by atoms with E-state index in [1.54, 1.807) is 12.1 Å². The van der Waals surface area contributed by atoms with Gasteiger partial charge in [-0.1, -0.05) is 43.3 Å². The molecule has 2 rings (SSSR count). The summed E-state index contributed by atoms with van der Waals surface area (Å²) in [4.78, 5) is 24.4. The molecule has 0 unspecified atom stereocenters. The number of carbonyl (C=O) groups excluding carboxylic acids is 2. The predicted molar refractivity (Wildman–Crippen MR) is 97.5 cm³/mol. The van der Waals surface area contributed by atoms with Gasteiger partial charge in [-0.15, -0.1) is 0 Å². The Balaban J connectivity index is 1.95. The van der Waals surface area contributed by atoms with Crippen LogP contribution < -0.4 is 20.9 Å². The van der Waals surface area contributed by atoms with Crippen molar-refractivity contribution in [2.75, 3.05) is 12.4 Å². The smallest absolute Gasteiger partial charge is 0.338 e. The van der Waals surface area contributed by atoms with Gasteiger partial charge in [0.15, 0.2) is 0 Å². The SMILES string of the molecule is CC[C@@H](C(=O)NNC(=O)Nc1cc(C)ccc1OC)c1ccccc1. The van der Waals surface area contributed by atoms with Gasteiger partial charge >= 0.3 is 6.03 Å². The highest BCUT2D eigenvalue weighted by atomic mass is 16.5. The van der Waals surface area contributed by atoms with Crippen LogP contribution in [-0.4, -0.2) is 19.0 Å². The molecule has 0 fully saturated rings. The molecule has 0 bridgehead atoms. The molecule has 6 nitrogen and oxygen atoms in total. The Kier molecular flexibility index (Phi) is 6.39. The van der Waals surface area contributed by atoms with Gasteiger partial charge in [-0.2, -0.15) is 0 Å². The summed E-state index contributed by atoms with van der Waals surface area (Å²) in [7, 11) is 1.53. The van der Waals surface area contributed by atoms with Crippen LogP contribution in [-0.2, 0) is 4.79 Å². The van der Waals surface area contributed by atoms with Gasteiger partial charge < -0.3 is 10.1 Å². The predicted octanol–water partition coefficient (Wildman–Crippen LogP) is 3.35. The molecular formula is C19H23N3O3. The van der Waals surface area contributed by atoms with Crippen LogP contribution in [0, 0.1) is 6.92 Å². The minimum Gasteiger partial charge on any atom is -0.495 e. The number of benzene rings is 2. The minimum absolute atomic E-state index is 0.264. The maximum Gasteiger partial charge on any atom is 0.338 e. The molecular weight excluding hydrogens is 318 g/mol. The van der Waals surface area contributed by atoms with Gasteiger partial charge in [-0.3, -0.25) is 10.2 Å². The molecule has 6 heteroatoms. The second kappa shape index (κ2) is 8.73. The van der Waals surface area contributed by atoms with Gasteiger partial charge in [-0.25, -0.2) is 10.2 Å². The Hall–Kier alpha value is -3.02. The molecule has 3 N–H and O–H groups in total. The zero-order valence-electron chi connectivity index (χ0n) is 14.6. The zero-order valence-corrected chi connectivity index (χ0v) is 14.6. The van der Waals surface area contributed by atoms with Crippen LogP contribution >= 0.6 is 0 Å². The number of aryl methyl sites for hydroxylation is 1. The summed E-state index contributed by atoms with van der Waals surface area (Å²) in [5.74, 6) is -0.0436. The standard InChI is InChI=1S/C19H23N3O3/c1-4-15(14-8-6-5-7-9-14)18(23)21-22-19(24)20-16-12-13(2)10-11-17(16)25-3/h5-12,15H,4H2,1-3H3,(H,21,23)(H2,20,22,24)/t15-/m1/s1. The number of rotatable bonds is 5. The molecule has 3 amide bonds. The van der Waals surface area contributed by atoms with Crippen LogP contribution in [0.1, 0.15) is 30.4 Å². The summed E-state index contributed by atoms with van der Waals surface area (Å²) < 4.78 is 5.21.